The van der Waals surface area contributed by atoms with Crippen LogP contribution in [0.5, 0.6) is 0 Å². The Kier molecular flexibility index (Phi) is 5.43. The van der Waals surface area contributed by atoms with Gasteiger partial charge >= 0.3 is 5.97 Å². The summed E-state index contributed by atoms with van der Waals surface area (Å²) in [5.41, 5.74) is 1.30. The fraction of sp³-hybridized carbons (Fsp3) is 0.700. The van der Waals surface area contributed by atoms with Gasteiger partial charge in [0.2, 0.25) is 0 Å². The van der Waals surface area contributed by atoms with Gasteiger partial charge in [0.05, 0.1) is 0 Å². The van der Waals surface area contributed by atoms with E-state index in [1.165, 1.54) is 5.54 Å². The van der Waals surface area contributed by atoms with Gasteiger partial charge in [0.25, 0.3) is 0 Å². The fourth-order valence-electron chi connectivity index (χ4n) is 1.87. The van der Waals surface area contributed by atoms with Crippen LogP contribution in [0.3, 0.4) is 0 Å². The number of carbonyl (C=O) groups is 1. The summed E-state index contributed by atoms with van der Waals surface area (Å²) in [7, 11) is 0. The van der Waals surface area contributed by atoms with Crippen molar-refractivity contribution in [3.8, 4) is 0 Å². The van der Waals surface area contributed by atoms with Gasteiger partial charge in [-0.2, -0.15) is 0 Å². The Balaban J connectivity index is 2.66. The molecular weight excluding hydrogens is 237 g/mol. The van der Waals surface area contributed by atoms with E-state index in [2.05, 4.69) is 0 Å². The third-order valence-electron chi connectivity index (χ3n) is 2.62. The number of aliphatic carboxylic acids is 1. The van der Waals surface area contributed by atoms with Crippen LogP contribution in [-0.2, 0) is 4.79 Å². The van der Waals surface area contributed by atoms with Crippen LogP contribution >= 0.6 is 23.2 Å². The predicted octanol–water partition coefficient (Wildman–Crippen LogP) is 2.63. The van der Waals surface area contributed by atoms with Crippen molar-refractivity contribution < 1.29 is 9.90 Å². The Bertz CT molecular complexity index is 256. The Morgan fingerprint density at radius 1 is 1.47 bits per heavy atom. The number of carboxylic acid groups (broad SMARTS) is 1. The van der Waals surface area contributed by atoms with E-state index in [-0.39, 0.29) is 0 Å². The normalized spacial score (nSPS) is 24.9. The molecule has 86 valence electrons. The van der Waals surface area contributed by atoms with Crippen LogP contribution in [0.4, 0.5) is 0 Å². The largest absolute Gasteiger partial charge is 0.480 e. The number of likely N-dealkylation sites (tertiary alicyclic amines) is 1. The van der Waals surface area contributed by atoms with E-state index < -0.39 is 12.0 Å². The van der Waals surface area contributed by atoms with E-state index in [9.17, 15) is 4.79 Å². The molecule has 1 aliphatic heterocycles. The molecule has 1 fully saturated rings. The molecule has 3 nitrogen and oxygen atoms in total. The molecule has 0 radical (unpaired) electrons. The van der Waals surface area contributed by atoms with Gasteiger partial charge in [0.1, 0.15) is 6.04 Å². The molecule has 0 aromatic rings. The summed E-state index contributed by atoms with van der Waals surface area (Å²) in [6.45, 7) is 1.21. The summed E-state index contributed by atoms with van der Waals surface area (Å²) < 4.78 is 0. The zero-order valence-corrected chi connectivity index (χ0v) is 9.97. The van der Waals surface area contributed by atoms with Crippen molar-refractivity contribution in [2.75, 3.05) is 13.1 Å². The molecule has 1 N–H and O–H groups in total. The first-order valence-corrected chi connectivity index (χ1v) is 5.88. The lowest BCUT2D eigenvalue weighted by atomic mass is 10.1. The van der Waals surface area contributed by atoms with E-state index in [4.69, 9.17) is 28.3 Å². The van der Waals surface area contributed by atoms with Crippen LogP contribution in [0.25, 0.3) is 0 Å². The van der Waals surface area contributed by atoms with Crippen LogP contribution < -0.4 is 0 Å². The Labute approximate surface area is 99.7 Å². The van der Waals surface area contributed by atoms with Gasteiger partial charge in [0.15, 0.2) is 0 Å². The van der Waals surface area contributed by atoms with Gasteiger partial charge in [-0.15, -0.1) is 0 Å². The summed E-state index contributed by atoms with van der Waals surface area (Å²) >= 11 is 11.3. The molecule has 1 atom stereocenters. The average molecular weight is 252 g/mol. The standard InChI is InChI=1S/C10H15Cl2NO2/c11-6-8(12)7-13-5-3-1-2-4-9(13)10(14)15/h6,9H,1-5,7H2,(H,14,15)/b8-6-. The fourth-order valence-corrected chi connectivity index (χ4v) is 2.09. The van der Waals surface area contributed by atoms with Crippen molar-refractivity contribution >= 4 is 29.2 Å². The number of hydrogen-bond acceptors (Lipinski definition) is 2. The zero-order valence-electron chi connectivity index (χ0n) is 8.46. The molecule has 0 bridgehead atoms. The van der Waals surface area contributed by atoms with E-state index in [1.54, 1.807) is 0 Å². The minimum Gasteiger partial charge on any atom is -0.480 e. The first kappa shape index (κ1) is 12.8. The average Bonchev–Trinajstić information content (AvgIpc) is 2.43. The predicted molar refractivity (Wildman–Crippen MR) is 61.3 cm³/mol. The SMILES string of the molecule is O=C(O)C1CCCCCN1C/C(Cl)=C/Cl. The Morgan fingerprint density at radius 3 is 2.80 bits per heavy atom. The highest BCUT2D eigenvalue weighted by atomic mass is 35.5. The minimum atomic E-state index is -0.768. The van der Waals surface area contributed by atoms with Crippen molar-refractivity contribution in [2.45, 2.75) is 31.7 Å². The zero-order chi connectivity index (χ0) is 11.3. The van der Waals surface area contributed by atoms with E-state index in [1.807, 2.05) is 4.90 Å². The van der Waals surface area contributed by atoms with E-state index in [0.29, 0.717) is 18.0 Å². The highest BCUT2D eigenvalue weighted by molar-refractivity contribution is 6.36. The molecular formula is C10H15Cl2NO2. The maximum atomic E-state index is 11.1. The smallest absolute Gasteiger partial charge is 0.320 e. The minimum absolute atomic E-state index is 0.419. The summed E-state index contributed by atoms with van der Waals surface area (Å²) in [4.78, 5) is 12.9. The van der Waals surface area contributed by atoms with Crippen molar-refractivity contribution in [1.82, 2.24) is 4.90 Å². The molecule has 0 aliphatic carbocycles. The lowest BCUT2D eigenvalue weighted by Gasteiger charge is -2.26. The maximum Gasteiger partial charge on any atom is 0.320 e. The third kappa shape index (κ3) is 4.01. The monoisotopic (exact) mass is 251 g/mol. The lowest BCUT2D eigenvalue weighted by molar-refractivity contribution is -0.143. The van der Waals surface area contributed by atoms with Crippen molar-refractivity contribution in [3.63, 3.8) is 0 Å². The first-order chi connectivity index (χ1) is 7.15. The topological polar surface area (TPSA) is 40.5 Å². The molecule has 0 aromatic carbocycles. The van der Waals surface area contributed by atoms with Gasteiger partial charge in [0, 0.05) is 17.1 Å². The molecule has 15 heavy (non-hydrogen) atoms. The molecule has 0 amide bonds. The van der Waals surface area contributed by atoms with Crippen molar-refractivity contribution in [3.05, 3.63) is 10.6 Å². The Hall–Kier alpha value is -0.250. The van der Waals surface area contributed by atoms with Crippen molar-refractivity contribution in [2.24, 2.45) is 0 Å². The second-order valence-corrected chi connectivity index (χ2v) is 4.43. The number of rotatable bonds is 3. The molecule has 0 spiro atoms. The van der Waals surface area contributed by atoms with Crippen LogP contribution in [0.15, 0.2) is 10.6 Å². The van der Waals surface area contributed by atoms with Crippen LogP contribution in [-0.4, -0.2) is 35.1 Å². The molecule has 0 aromatic heterocycles. The molecule has 5 heteroatoms. The van der Waals surface area contributed by atoms with Gasteiger partial charge < -0.3 is 5.11 Å². The quantitative estimate of drug-likeness (QED) is 0.839. The summed E-state index contributed by atoms with van der Waals surface area (Å²) in [5, 5.41) is 9.57. The number of hydrogen-bond donors (Lipinski definition) is 1. The van der Waals surface area contributed by atoms with Gasteiger partial charge in [-0.05, 0) is 19.4 Å². The van der Waals surface area contributed by atoms with Gasteiger partial charge in [-0.1, -0.05) is 36.0 Å². The second-order valence-electron chi connectivity index (χ2n) is 3.73. The number of halogens is 2. The van der Waals surface area contributed by atoms with Gasteiger partial charge in [-0.3, -0.25) is 9.69 Å². The molecule has 1 unspecified atom stereocenters. The highest BCUT2D eigenvalue weighted by Gasteiger charge is 2.27. The molecule has 1 saturated heterocycles. The molecule has 1 aliphatic rings. The van der Waals surface area contributed by atoms with Gasteiger partial charge in [-0.25, -0.2) is 0 Å². The maximum absolute atomic E-state index is 11.1. The second kappa shape index (κ2) is 6.36. The van der Waals surface area contributed by atoms with Crippen LogP contribution in [0.2, 0.25) is 0 Å². The summed E-state index contributed by atoms with van der Waals surface area (Å²) in [6, 6.07) is -0.419. The van der Waals surface area contributed by atoms with Crippen molar-refractivity contribution in [1.29, 1.82) is 0 Å². The van der Waals surface area contributed by atoms with Crippen LogP contribution in [0.1, 0.15) is 25.7 Å². The number of nitrogens with zero attached hydrogens (tertiary/aromatic N) is 1. The van der Waals surface area contributed by atoms with Crippen LogP contribution in [0, 0.1) is 0 Å². The molecule has 1 heterocycles. The molecule has 1 rings (SSSR count). The molecule has 0 saturated carbocycles. The summed E-state index contributed by atoms with van der Waals surface area (Å²) in [6.07, 6.45) is 3.77. The van der Waals surface area contributed by atoms with E-state index in [0.717, 1.165) is 25.8 Å². The highest BCUT2D eigenvalue weighted by Crippen LogP contribution is 2.19. The summed E-state index contributed by atoms with van der Waals surface area (Å²) in [5.74, 6) is -0.768. The lowest BCUT2D eigenvalue weighted by Crippen LogP contribution is -2.41. The third-order valence-corrected chi connectivity index (χ3v) is 3.22. The van der Waals surface area contributed by atoms with E-state index >= 15 is 0 Å². The Morgan fingerprint density at radius 2 is 2.20 bits per heavy atom. The first-order valence-electron chi connectivity index (χ1n) is 5.06. The number of carboxylic acids is 1.